The van der Waals surface area contributed by atoms with Crippen LogP contribution in [0, 0.1) is 0 Å². The summed E-state index contributed by atoms with van der Waals surface area (Å²) in [6, 6.07) is 14.5. The van der Waals surface area contributed by atoms with Crippen molar-refractivity contribution < 1.29 is 19.1 Å². The van der Waals surface area contributed by atoms with E-state index in [4.69, 9.17) is 4.74 Å². The highest BCUT2D eigenvalue weighted by Gasteiger charge is 2.34. The van der Waals surface area contributed by atoms with E-state index in [0.717, 1.165) is 25.9 Å². The van der Waals surface area contributed by atoms with Crippen LogP contribution in [0.2, 0.25) is 0 Å². The lowest BCUT2D eigenvalue weighted by Gasteiger charge is -2.34. The number of anilines is 1. The van der Waals surface area contributed by atoms with Gasteiger partial charge in [-0.1, -0.05) is 30.3 Å². The maximum atomic E-state index is 13.1. The van der Waals surface area contributed by atoms with Crippen LogP contribution in [0.4, 0.5) is 5.69 Å². The molecule has 2 unspecified atom stereocenters. The third-order valence-corrected chi connectivity index (χ3v) is 6.25. The van der Waals surface area contributed by atoms with E-state index < -0.39 is 6.04 Å². The van der Waals surface area contributed by atoms with Gasteiger partial charge in [0.1, 0.15) is 11.8 Å². The van der Waals surface area contributed by atoms with Gasteiger partial charge in [-0.15, -0.1) is 0 Å². The zero-order chi connectivity index (χ0) is 22.7. The third-order valence-electron chi connectivity index (χ3n) is 6.25. The highest BCUT2D eigenvalue weighted by molar-refractivity contribution is 6.05. The van der Waals surface area contributed by atoms with Crippen molar-refractivity contribution in [3.8, 4) is 5.75 Å². The summed E-state index contributed by atoms with van der Waals surface area (Å²) in [6.07, 6.45) is 2.32. The first-order valence-corrected chi connectivity index (χ1v) is 11.1. The minimum absolute atomic E-state index is 0.0897. The van der Waals surface area contributed by atoms with Crippen LogP contribution in [0.1, 0.15) is 48.7 Å². The number of ketones is 1. The van der Waals surface area contributed by atoms with Crippen molar-refractivity contribution >= 4 is 23.3 Å². The fraction of sp³-hybridized carbons (Fsp3) is 0.400. The Kier molecular flexibility index (Phi) is 6.55. The largest absolute Gasteiger partial charge is 0.482 e. The van der Waals surface area contributed by atoms with E-state index >= 15 is 0 Å². The number of fused-ring (bicyclic) bond motifs is 1. The molecule has 7 nitrogen and oxygen atoms in total. The van der Waals surface area contributed by atoms with E-state index in [-0.39, 0.29) is 30.2 Å². The van der Waals surface area contributed by atoms with Crippen LogP contribution < -0.4 is 15.0 Å². The lowest BCUT2D eigenvalue weighted by molar-refractivity contribution is -0.127. The molecule has 0 aromatic heterocycles. The summed E-state index contributed by atoms with van der Waals surface area (Å²) in [5, 5.41) is 3.06. The molecule has 0 radical (unpaired) electrons. The zero-order valence-electron chi connectivity index (χ0n) is 18.5. The van der Waals surface area contributed by atoms with Crippen LogP contribution in [-0.4, -0.2) is 54.8 Å². The average Bonchev–Trinajstić information content (AvgIpc) is 3.33. The fourth-order valence-corrected chi connectivity index (χ4v) is 4.46. The van der Waals surface area contributed by atoms with Crippen molar-refractivity contribution in [3.63, 3.8) is 0 Å². The minimum atomic E-state index is -0.734. The molecule has 2 aromatic carbocycles. The van der Waals surface area contributed by atoms with Gasteiger partial charge in [0.05, 0.1) is 11.7 Å². The molecule has 7 heteroatoms. The van der Waals surface area contributed by atoms with Crippen molar-refractivity contribution in [2.24, 2.45) is 0 Å². The monoisotopic (exact) mass is 435 g/mol. The molecule has 1 saturated heterocycles. The van der Waals surface area contributed by atoms with E-state index in [9.17, 15) is 14.4 Å². The Morgan fingerprint density at radius 1 is 1.09 bits per heavy atom. The molecule has 2 amide bonds. The average molecular weight is 436 g/mol. The molecule has 4 rings (SSSR count). The molecule has 2 atom stereocenters. The number of ether oxygens (including phenoxy) is 1. The van der Waals surface area contributed by atoms with E-state index in [1.165, 1.54) is 17.4 Å². The predicted molar refractivity (Wildman–Crippen MR) is 122 cm³/mol. The summed E-state index contributed by atoms with van der Waals surface area (Å²) >= 11 is 0. The van der Waals surface area contributed by atoms with Crippen LogP contribution in [0.15, 0.2) is 48.5 Å². The summed E-state index contributed by atoms with van der Waals surface area (Å²) in [6.45, 7) is 5.52. The van der Waals surface area contributed by atoms with E-state index in [1.807, 2.05) is 18.2 Å². The van der Waals surface area contributed by atoms with Gasteiger partial charge in [-0.2, -0.15) is 0 Å². The smallest absolute Gasteiger partial charge is 0.265 e. The van der Waals surface area contributed by atoms with Gasteiger partial charge in [-0.3, -0.25) is 24.2 Å². The molecule has 2 aliphatic heterocycles. The number of Topliss-reactive ketones (excluding diaryl/α,β-unsaturated/α-hetero) is 1. The van der Waals surface area contributed by atoms with Gasteiger partial charge in [0.2, 0.25) is 5.91 Å². The molecule has 2 aromatic rings. The maximum absolute atomic E-state index is 13.1. The molecule has 0 bridgehead atoms. The van der Waals surface area contributed by atoms with E-state index in [1.54, 1.807) is 25.1 Å². The first-order chi connectivity index (χ1) is 15.5. The second-order valence-electron chi connectivity index (χ2n) is 8.38. The maximum Gasteiger partial charge on any atom is 0.265 e. The summed E-state index contributed by atoms with van der Waals surface area (Å²) in [7, 11) is 0. The summed E-state index contributed by atoms with van der Waals surface area (Å²) in [4.78, 5) is 41.5. The lowest BCUT2D eigenvalue weighted by atomic mass is 10.0. The van der Waals surface area contributed by atoms with Crippen LogP contribution >= 0.6 is 0 Å². The van der Waals surface area contributed by atoms with Crippen molar-refractivity contribution in [1.82, 2.24) is 10.2 Å². The van der Waals surface area contributed by atoms with Crippen LogP contribution in [0.25, 0.3) is 0 Å². The van der Waals surface area contributed by atoms with E-state index in [0.29, 0.717) is 23.5 Å². The molecule has 0 spiro atoms. The number of carbonyl (C=O) groups excluding carboxylic acids is 3. The fourth-order valence-electron chi connectivity index (χ4n) is 4.46. The minimum Gasteiger partial charge on any atom is -0.482 e. The Hall–Kier alpha value is -3.19. The first-order valence-electron chi connectivity index (χ1n) is 11.1. The molecular weight excluding hydrogens is 406 g/mol. The summed E-state index contributed by atoms with van der Waals surface area (Å²) < 4.78 is 5.51. The van der Waals surface area contributed by atoms with Crippen molar-refractivity contribution in [2.45, 2.75) is 38.8 Å². The number of amides is 2. The van der Waals surface area contributed by atoms with Gasteiger partial charge < -0.3 is 10.1 Å². The number of nitrogens with one attached hydrogen (secondary N) is 1. The molecule has 2 heterocycles. The molecular formula is C25H29N3O4. The molecule has 0 saturated carbocycles. The number of carbonyl (C=O) groups is 3. The summed E-state index contributed by atoms with van der Waals surface area (Å²) in [5.74, 6) is -0.160. The highest BCUT2D eigenvalue weighted by Crippen LogP contribution is 2.34. The highest BCUT2D eigenvalue weighted by atomic mass is 16.5. The van der Waals surface area contributed by atoms with Crippen molar-refractivity contribution in [1.29, 1.82) is 0 Å². The standard InChI is InChI=1S/C25H29N3O4/c1-17(28-21-14-20(18(2)29)10-11-23(21)32-16-24(28)30)25(31)26-15-22(27-12-6-7-13-27)19-8-4-3-5-9-19/h3-5,8-11,14,17,22H,6-7,12-13,15-16H2,1-2H3,(H,26,31). The lowest BCUT2D eigenvalue weighted by Crippen LogP contribution is -2.52. The second-order valence-corrected chi connectivity index (χ2v) is 8.38. The van der Waals surface area contributed by atoms with E-state index in [2.05, 4.69) is 22.3 Å². The number of hydrogen-bond acceptors (Lipinski definition) is 5. The number of nitrogens with zero attached hydrogens (tertiary/aromatic N) is 2. The Morgan fingerprint density at radius 2 is 1.81 bits per heavy atom. The zero-order valence-corrected chi connectivity index (χ0v) is 18.5. The molecule has 1 N–H and O–H groups in total. The van der Waals surface area contributed by atoms with Gasteiger partial charge in [0, 0.05) is 12.1 Å². The normalized spacial score (nSPS) is 17.9. The molecule has 1 fully saturated rings. The third kappa shape index (κ3) is 4.53. The van der Waals surface area contributed by atoms with Crippen LogP contribution in [0.5, 0.6) is 5.75 Å². The topological polar surface area (TPSA) is 79.0 Å². The van der Waals surface area contributed by atoms with Crippen molar-refractivity contribution in [3.05, 3.63) is 59.7 Å². The van der Waals surface area contributed by atoms with Gasteiger partial charge >= 0.3 is 0 Å². The van der Waals surface area contributed by atoms with Crippen LogP contribution in [-0.2, 0) is 9.59 Å². The summed E-state index contributed by atoms with van der Waals surface area (Å²) in [5.41, 5.74) is 2.09. The Balaban J connectivity index is 1.51. The number of hydrogen-bond donors (Lipinski definition) is 1. The number of rotatable bonds is 7. The first kappa shape index (κ1) is 22.0. The SMILES string of the molecule is CC(=O)c1ccc2c(c1)N(C(C)C(=O)NCC(c1ccccc1)N1CCCC1)C(=O)CO2. The predicted octanol–water partition coefficient (Wildman–Crippen LogP) is 2.96. The molecule has 2 aliphatic rings. The quantitative estimate of drug-likeness (QED) is 0.677. The number of benzene rings is 2. The Labute approximate surface area is 188 Å². The Bertz CT molecular complexity index is 1000. The molecule has 168 valence electrons. The molecule has 32 heavy (non-hydrogen) atoms. The second kappa shape index (κ2) is 9.53. The number of likely N-dealkylation sites (tertiary alicyclic amines) is 1. The van der Waals surface area contributed by atoms with Crippen LogP contribution in [0.3, 0.4) is 0 Å². The van der Waals surface area contributed by atoms with Gasteiger partial charge in [-0.05, 0) is 63.5 Å². The van der Waals surface area contributed by atoms with Gasteiger partial charge in [-0.25, -0.2) is 0 Å². The van der Waals surface area contributed by atoms with Gasteiger partial charge in [0.25, 0.3) is 5.91 Å². The van der Waals surface area contributed by atoms with Gasteiger partial charge in [0.15, 0.2) is 12.4 Å². The van der Waals surface area contributed by atoms with Crippen molar-refractivity contribution in [2.75, 3.05) is 31.1 Å². The molecule has 0 aliphatic carbocycles. The Morgan fingerprint density at radius 3 is 2.50 bits per heavy atom.